The van der Waals surface area contributed by atoms with E-state index < -0.39 is 18.8 Å². The summed E-state index contributed by atoms with van der Waals surface area (Å²) in [6.45, 7) is 0.465. The number of nitrogens with one attached hydrogen (secondary N) is 1. The lowest BCUT2D eigenvalue weighted by Gasteiger charge is -2.36. The number of hydrogen-bond donors (Lipinski definition) is 1. The minimum Gasteiger partial charge on any atom is -0.367 e. The van der Waals surface area contributed by atoms with Crippen molar-refractivity contribution in [3.63, 3.8) is 0 Å². The predicted octanol–water partition coefficient (Wildman–Crippen LogP) is 2.73. The minimum absolute atomic E-state index is 0.356. The third-order valence-corrected chi connectivity index (χ3v) is 3.52. The van der Waals surface area contributed by atoms with Gasteiger partial charge in [0.25, 0.3) is 0 Å². The van der Waals surface area contributed by atoms with E-state index in [0.717, 1.165) is 5.69 Å². The number of rotatable bonds is 2. The number of amides is 2. The average Bonchev–Trinajstić information content (AvgIpc) is 2.45. The van der Waals surface area contributed by atoms with Crippen LogP contribution in [0.4, 0.5) is 23.7 Å². The lowest BCUT2D eigenvalue weighted by atomic mass is 10.2. The number of piperazine rings is 1. The van der Waals surface area contributed by atoms with Gasteiger partial charge in [0.2, 0.25) is 0 Å². The normalized spacial score (nSPS) is 16.0. The first-order valence-electron chi connectivity index (χ1n) is 6.46. The van der Waals surface area contributed by atoms with E-state index in [0.29, 0.717) is 31.2 Å². The Hall–Kier alpha value is -1.63. The molecule has 1 N–H and O–H groups in total. The van der Waals surface area contributed by atoms with Crippen LogP contribution in [-0.4, -0.2) is 49.8 Å². The van der Waals surface area contributed by atoms with Crippen molar-refractivity contribution in [2.75, 3.05) is 37.6 Å². The highest BCUT2D eigenvalue weighted by atomic mass is 35.5. The molecule has 0 unspecified atom stereocenters. The zero-order chi connectivity index (χ0) is 15.5. The number of halogens is 4. The van der Waals surface area contributed by atoms with Crippen molar-refractivity contribution in [2.24, 2.45) is 0 Å². The van der Waals surface area contributed by atoms with Gasteiger partial charge >= 0.3 is 12.2 Å². The third kappa shape index (κ3) is 4.42. The van der Waals surface area contributed by atoms with E-state index in [2.05, 4.69) is 0 Å². The molecule has 0 aromatic heterocycles. The molecule has 1 aromatic rings. The fourth-order valence-electron chi connectivity index (χ4n) is 2.15. The Bertz CT molecular complexity index is 502. The van der Waals surface area contributed by atoms with Crippen LogP contribution in [0.2, 0.25) is 5.02 Å². The molecule has 1 aliphatic rings. The van der Waals surface area contributed by atoms with Gasteiger partial charge in [-0.05, 0) is 12.1 Å². The average molecular weight is 322 g/mol. The van der Waals surface area contributed by atoms with E-state index in [1.54, 1.807) is 6.07 Å². The van der Waals surface area contributed by atoms with Gasteiger partial charge in [0.1, 0.15) is 6.54 Å². The van der Waals surface area contributed by atoms with Gasteiger partial charge in [-0.1, -0.05) is 23.7 Å². The molecule has 1 fully saturated rings. The van der Waals surface area contributed by atoms with Crippen molar-refractivity contribution in [1.82, 2.24) is 10.2 Å². The molecule has 1 aliphatic heterocycles. The number of carbonyl (C=O) groups is 1. The maximum Gasteiger partial charge on any atom is 0.405 e. The summed E-state index contributed by atoms with van der Waals surface area (Å²) in [4.78, 5) is 15.0. The molecule has 1 heterocycles. The van der Waals surface area contributed by atoms with Gasteiger partial charge in [-0.25, -0.2) is 4.79 Å². The van der Waals surface area contributed by atoms with E-state index in [-0.39, 0.29) is 0 Å². The summed E-state index contributed by atoms with van der Waals surface area (Å²) in [6, 6.07) is 6.66. The molecule has 21 heavy (non-hydrogen) atoms. The Morgan fingerprint density at radius 3 is 2.38 bits per heavy atom. The van der Waals surface area contributed by atoms with E-state index >= 15 is 0 Å². The first-order valence-corrected chi connectivity index (χ1v) is 6.83. The molecule has 0 saturated carbocycles. The molecule has 0 bridgehead atoms. The predicted molar refractivity (Wildman–Crippen MR) is 74.7 cm³/mol. The van der Waals surface area contributed by atoms with Crippen molar-refractivity contribution in [3.05, 3.63) is 29.3 Å². The number of anilines is 1. The highest BCUT2D eigenvalue weighted by Crippen LogP contribution is 2.26. The second-order valence-electron chi connectivity index (χ2n) is 4.70. The van der Waals surface area contributed by atoms with Crippen molar-refractivity contribution in [1.29, 1.82) is 0 Å². The SMILES string of the molecule is O=C(NCC(F)(F)F)N1CCN(c2ccccc2Cl)CC1. The van der Waals surface area contributed by atoms with Gasteiger partial charge in [0, 0.05) is 26.2 Å². The number of carbonyl (C=O) groups excluding carboxylic acids is 1. The van der Waals surface area contributed by atoms with Crippen LogP contribution >= 0.6 is 11.6 Å². The van der Waals surface area contributed by atoms with E-state index in [4.69, 9.17) is 11.6 Å². The number of hydrogen-bond acceptors (Lipinski definition) is 2. The number of para-hydroxylation sites is 1. The molecule has 2 amide bonds. The van der Waals surface area contributed by atoms with Crippen LogP contribution in [0.15, 0.2) is 24.3 Å². The molecule has 8 heteroatoms. The van der Waals surface area contributed by atoms with Crippen molar-refractivity contribution in [3.8, 4) is 0 Å². The van der Waals surface area contributed by atoms with Crippen LogP contribution in [0, 0.1) is 0 Å². The van der Waals surface area contributed by atoms with Crippen LogP contribution in [-0.2, 0) is 0 Å². The summed E-state index contributed by atoms with van der Waals surface area (Å²) in [7, 11) is 0. The fourth-order valence-corrected chi connectivity index (χ4v) is 2.40. The topological polar surface area (TPSA) is 35.6 Å². The van der Waals surface area contributed by atoms with Gasteiger partial charge in [-0.15, -0.1) is 0 Å². The molecular weight excluding hydrogens is 307 g/mol. The Kier molecular flexibility index (Phi) is 4.82. The highest BCUT2D eigenvalue weighted by Gasteiger charge is 2.29. The van der Waals surface area contributed by atoms with Gasteiger partial charge in [-0.2, -0.15) is 13.2 Å². The lowest BCUT2D eigenvalue weighted by Crippen LogP contribution is -2.53. The number of alkyl halides is 3. The largest absolute Gasteiger partial charge is 0.405 e. The van der Waals surface area contributed by atoms with Crippen molar-refractivity contribution >= 4 is 23.3 Å². The monoisotopic (exact) mass is 321 g/mol. The summed E-state index contributed by atoms with van der Waals surface area (Å²) in [5, 5.41) is 2.49. The number of benzene rings is 1. The molecular formula is C13H15ClF3N3O. The second kappa shape index (κ2) is 6.43. The zero-order valence-electron chi connectivity index (χ0n) is 11.2. The highest BCUT2D eigenvalue weighted by molar-refractivity contribution is 6.33. The lowest BCUT2D eigenvalue weighted by molar-refractivity contribution is -0.123. The van der Waals surface area contributed by atoms with Gasteiger partial charge < -0.3 is 15.1 Å². The summed E-state index contributed by atoms with van der Waals surface area (Å²) in [6.07, 6.45) is -4.39. The Morgan fingerprint density at radius 1 is 1.19 bits per heavy atom. The summed E-state index contributed by atoms with van der Waals surface area (Å²) in [5.74, 6) is 0. The van der Waals surface area contributed by atoms with E-state index in [1.165, 1.54) is 4.90 Å². The Morgan fingerprint density at radius 2 is 1.81 bits per heavy atom. The van der Waals surface area contributed by atoms with Crippen LogP contribution in [0.25, 0.3) is 0 Å². The van der Waals surface area contributed by atoms with Gasteiger partial charge in [0.05, 0.1) is 10.7 Å². The smallest absolute Gasteiger partial charge is 0.367 e. The summed E-state index contributed by atoms with van der Waals surface area (Å²) < 4.78 is 36.2. The van der Waals surface area contributed by atoms with Crippen molar-refractivity contribution in [2.45, 2.75) is 6.18 Å². The van der Waals surface area contributed by atoms with Crippen LogP contribution in [0.1, 0.15) is 0 Å². The van der Waals surface area contributed by atoms with Crippen molar-refractivity contribution < 1.29 is 18.0 Å². The van der Waals surface area contributed by atoms with Crippen LogP contribution in [0.3, 0.4) is 0 Å². The molecule has 4 nitrogen and oxygen atoms in total. The molecule has 0 aliphatic carbocycles. The molecule has 116 valence electrons. The zero-order valence-corrected chi connectivity index (χ0v) is 11.9. The molecule has 0 spiro atoms. The molecule has 2 rings (SSSR count). The fraction of sp³-hybridized carbons (Fsp3) is 0.462. The number of urea groups is 1. The molecule has 1 aromatic carbocycles. The first kappa shape index (κ1) is 15.8. The van der Waals surface area contributed by atoms with Crippen LogP contribution in [0.5, 0.6) is 0 Å². The van der Waals surface area contributed by atoms with E-state index in [1.807, 2.05) is 28.4 Å². The number of nitrogens with zero attached hydrogens (tertiary/aromatic N) is 2. The molecule has 0 atom stereocenters. The van der Waals surface area contributed by atoms with E-state index in [9.17, 15) is 18.0 Å². The standard InChI is InChI=1S/C13H15ClF3N3O/c14-10-3-1-2-4-11(10)19-5-7-20(8-6-19)12(21)18-9-13(15,16)17/h1-4H,5-9H2,(H,18,21). The maximum absolute atomic E-state index is 12.1. The van der Waals surface area contributed by atoms with Gasteiger partial charge in [0.15, 0.2) is 0 Å². The Balaban J connectivity index is 1.86. The second-order valence-corrected chi connectivity index (χ2v) is 5.11. The van der Waals surface area contributed by atoms with Crippen LogP contribution < -0.4 is 10.2 Å². The molecule has 0 radical (unpaired) electrons. The van der Waals surface area contributed by atoms with Gasteiger partial charge in [-0.3, -0.25) is 0 Å². The minimum atomic E-state index is -4.39. The third-order valence-electron chi connectivity index (χ3n) is 3.20. The quantitative estimate of drug-likeness (QED) is 0.909. The molecule has 1 saturated heterocycles. The summed E-state index contributed by atoms with van der Waals surface area (Å²) in [5.41, 5.74) is 0.870. The Labute approximate surface area is 125 Å². The maximum atomic E-state index is 12.1. The summed E-state index contributed by atoms with van der Waals surface area (Å²) >= 11 is 6.10. The first-order chi connectivity index (χ1) is 9.87.